The van der Waals surface area contributed by atoms with Crippen molar-refractivity contribution in [2.24, 2.45) is 9.98 Å². The maximum atomic E-state index is 13.6. The molecule has 2 atom stereocenters. The van der Waals surface area contributed by atoms with Crippen LogP contribution < -0.4 is 29.6 Å². The number of hydrogen-bond acceptors (Lipinski definition) is 16. The number of methoxy groups -OCH3 is 2. The number of aliphatic imine (C=N–C) groups is 2. The van der Waals surface area contributed by atoms with E-state index >= 15 is 0 Å². The van der Waals surface area contributed by atoms with Gasteiger partial charge in [-0.15, -0.1) is 0 Å². The number of ether oxygens (including phenoxy) is 8. The molecule has 2 N–H and O–H groups in total. The molecule has 5 aliphatic heterocycles. The van der Waals surface area contributed by atoms with Gasteiger partial charge in [-0.3, -0.25) is 43.7 Å². The topological polar surface area (TPSA) is 235 Å². The van der Waals surface area contributed by atoms with Gasteiger partial charge in [-0.25, -0.2) is 0 Å². The molecule has 21 nitrogen and oxygen atoms in total. The number of hydrogen-bond donors (Lipinski definition) is 2. The number of nitrogens with one attached hydrogen (secondary N) is 2. The maximum Gasteiger partial charge on any atom is 0.260 e. The van der Waals surface area contributed by atoms with Gasteiger partial charge in [-0.1, -0.05) is 23.0 Å². The number of imide groups is 1. The van der Waals surface area contributed by atoms with E-state index in [0.717, 1.165) is 27.2 Å². The molecule has 0 bridgehead atoms. The molecule has 6 amide bonds. The highest BCUT2D eigenvalue weighted by molar-refractivity contribution is 6.13. The third-order valence-corrected chi connectivity index (χ3v) is 12.8. The van der Waals surface area contributed by atoms with Crippen molar-refractivity contribution in [1.29, 1.82) is 0 Å². The molecule has 0 saturated carbocycles. The number of carbonyl (C=O) groups is 6. The fourth-order valence-corrected chi connectivity index (χ4v) is 8.95. The summed E-state index contributed by atoms with van der Waals surface area (Å²) < 4.78 is 46.2. The predicted molar refractivity (Wildman–Crippen MR) is 285 cm³/mol. The summed E-state index contributed by atoms with van der Waals surface area (Å²) in [5.41, 5.74) is 6.09. The third-order valence-electron chi connectivity index (χ3n) is 12.8. The monoisotopic (exact) mass is 1070 g/mol. The Morgan fingerprint density at radius 3 is 1.60 bits per heavy atom. The van der Waals surface area contributed by atoms with E-state index in [9.17, 15) is 28.8 Å². The van der Waals surface area contributed by atoms with E-state index < -0.39 is 11.8 Å². The lowest BCUT2D eigenvalue weighted by Gasteiger charge is -2.19. The maximum absolute atomic E-state index is 13.6. The van der Waals surface area contributed by atoms with E-state index in [1.54, 1.807) is 46.5 Å². The summed E-state index contributed by atoms with van der Waals surface area (Å²) in [6.45, 7) is 7.02. The summed E-state index contributed by atoms with van der Waals surface area (Å²) in [5, 5.41) is 5.49. The number of rotatable bonds is 27. The molecule has 21 heteroatoms. The third kappa shape index (κ3) is 14.9. The molecule has 8 rings (SSSR count). The van der Waals surface area contributed by atoms with Crippen molar-refractivity contribution in [3.05, 3.63) is 106 Å². The van der Waals surface area contributed by atoms with Gasteiger partial charge in [0.2, 0.25) is 11.8 Å². The molecule has 0 spiro atoms. The minimum absolute atomic E-state index is 0.0187. The van der Waals surface area contributed by atoms with Crippen LogP contribution in [0.5, 0.6) is 23.0 Å². The number of amides is 6. The summed E-state index contributed by atoms with van der Waals surface area (Å²) in [7, 11) is 3.03. The van der Waals surface area contributed by atoms with Crippen LogP contribution in [0.1, 0.15) is 76.9 Å². The Bertz CT molecular complexity index is 2840. The Kier molecular flexibility index (Phi) is 19.6. The molecule has 5 aliphatic rings. The zero-order valence-corrected chi connectivity index (χ0v) is 44.1. The van der Waals surface area contributed by atoms with Crippen LogP contribution in [0.15, 0.2) is 88.1 Å². The molecule has 0 radical (unpaired) electrons. The molecule has 5 heterocycles. The van der Waals surface area contributed by atoms with Crippen molar-refractivity contribution in [2.75, 3.05) is 86.7 Å². The average Bonchev–Trinajstić information content (AvgIpc) is 4.09. The van der Waals surface area contributed by atoms with Gasteiger partial charge in [0.25, 0.3) is 23.6 Å². The largest absolute Gasteiger partial charge is 0.493 e. The molecule has 0 aromatic heterocycles. The van der Waals surface area contributed by atoms with E-state index in [0.29, 0.717) is 104 Å². The standard InChI is InChI=1S/C57H63N7O14/c1-37-22-42-31-60-46-29-50(48(71-3)27-44(46)56(69)63(42)33-37)77-35-40-24-39(25-41(26-40)36-78-51-30-47-45(28-49(51)72-4)57(70)64-34-38(2)23-43(64)32-61-47)6-5-11-58-53(66)10-14-73-16-18-75-20-21-76-19-17-74-15-12-59-52(65)9-13-62-54(67)7-8-55(62)68/h7-8,24-34,42-43H,9-23,35-36H2,1-4H3,(H,58,66)(H,59,65)/t42-,43-/m0/s1. The number of benzene rings is 3. The van der Waals surface area contributed by atoms with Crippen LogP contribution in [0, 0.1) is 11.8 Å². The minimum atomic E-state index is -0.419. The first-order valence-electron chi connectivity index (χ1n) is 25.6. The number of nitrogens with zero attached hydrogens (tertiary/aromatic N) is 5. The van der Waals surface area contributed by atoms with Gasteiger partial charge in [0, 0.05) is 80.6 Å². The first-order chi connectivity index (χ1) is 37.9. The van der Waals surface area contributed by atoms with E-state index in [-0.39, 0.29) is 94.6 Å². The van der Waals surface area contributed by atoms with E-state index in [1.807, 2.05) is 44.4 Å². The molecule has 410 valence electrons. The highest BCUT2D eigenvalue weighted by atomic mass is 16.6. The molecular formula is C57H63N7O14. The van der Waals surface area contributed by atoms with Gasteiger partial charge >= 0.3 is 0 Å². The molecule has 0 saturated heterocycles. The van der Waals surface area contributed by atoms with Crippen LogP contribution in [-0.2, 0) is 51.3 Å². The fourth-order valence-electron chi connectivity index (χ4n) is 8.95. The summed E-state index contributed by atoms with van der Waals surface area (Å²) in [6.07, 6.45) is 11.2. The summed E-state index contributed by atoms with van der Waals surface area (Å²) >= 11 is 0. The summed E-state index contributed by atoms with van der Waals surface area (Å²) in [4.78, 5) is 88.6. The van der Waals surface area contributed by atoms with Crippen molar-refractivity contribution < 1.29 is 66.7 Å². The smallest absolute Gasteiger partial charge is 0.260 e. The lowest BCUT2D eigenvalue weighted by molar-refractivity contribution is -0.137. The second-order valence-corrected chi connectivity index (χ2v) is 18.7. The second kappa shape index (κ2) is 27.2. The Morgan fingerprint density at radius 1 is 0.603 bits per heavy atom. The first-order valence-corrected chi connectivity index (χ1v) is 25.6. The van der Waals surface area contributed by atoms with Gasteiger partial charge in [-0.2, -0.15) is 0 Å². The number of carbonyl (C=O) groups excluding carboxylic acids is 6. The quantitative estimate of drug-likeness (QED) is 0.0588. The van der Waals surface area contributed by atoms with Gasteiger partial charge in [0.1, 0.15) is 13.2 Å². The molecular weight excluding hydrogens is 1010 g/mol. The van der Waals surface area contributed by atoms with E-state index in [1.165, 1.54) is 26.4 Å². The molecule has 3 aromatic rings. The predicted octanol–water partition coefficient (Wildman–Crippen LogP) is 4.89. The van der Waals surface area contributed by atoms with Crippen molar-refractivity contribution in [2.45, 2.75) is 64.8 Å². The SMILES string of the molecule is COc1cc2c(cc1OCc1cc(C#CCNC(=O)CCOCCOCCOCCOCCNC(=O)CCN3C(=O)C=CC3=O)cc(COc3cc4c(cc3OC)C(=O)N3C=C(C)C[C@H]3C=N4)c1)N=C[C@@H]1CC(C)=CN1C2=O. The van der Waals surface area contributed by atoms with Crippen LogP contribution >= 0.6 is 0 Å². The Morgan fingerprint density at radius 2 is 1.09 bits per heavy atom. The van der Waals surface area contributed by atoms with E-state index in [2.05, 4.69) is 32.5 Å². The van der Waals surface area contributed by atoms with Crippen LogP contribution in [0.4, 0.5) is 11.4 Å². The average molecular weight is 1070 g/mol. The van der Waals surface area contributed by atoms with Gasteiger partial charge in [-0.05, 0) is 68.1 Å². The van der Waals surface area contributed by atoms with Gasteiger partial charge in [0.15, 0.2) is 23.0 Å². The van der Waals surface area contributed by atoms with Crippen LogP contribution in [0.25, 0.3) is 0 Å². The van der Waals surface area contributed by atoms with Crippen LogP contribution in [0.2, 0.25) is 0 Å². The highest BCUT2D eigenvalue weighted by Gasteiger charge is 2.34. The molecule has 0 aliphatic carbocycles. The Labute approximate surface area is 452 Å². The van der Waals surface area contributed by atoms with E-state index in [4.69, 9.17) is 37.9 Å². The lowest BCUT2D eigenvalue weighted by Crippen LogP contribution is -2.35. The van der Waals surface area contributed by atoms with Crippen molar-refractivity contribution >= 4 is 59.2 Å². The Hall–Kier alpha value is -8.16. The normalized spacial score (nSPS) is 16.8. The summed E-state index contributed by atoms with van der Waals surface area (Å²) in [6, 6.07) is 12.1. The molecule has 0 fully saturated rings. The summed E-state index contributed by atoms with van der Waals surface area (Å²) in [5.74, 6) is 6.05. The van der Waals surface area contributed by atoms with Crippen LogP contribution in [-0.4, -0.2) is 161 Å². The minimum Gasteiger partial charge on any atom is -0.493 e. The van der Waals surface area contributed by atoms with Crippen molar-refractivity contribution in [3.8, 4) is 34.8 Å². The Balaban J connectivity index is 0.790. The molecule has 78 heavy (non-hydrogen) atoms. The molecule has 0 unspecified atom stereocenters. The van der Waals surface area contributed by atoms with Gasteiger partial charge in [0.05, 0.1) is 108 Å². The fraction of sp³-hybridized carbons (Fsp3) is 0.404. The van der Waals surface area contributed by atoms with Crippen LogP contribution in [0.3, 0.4) is 0 Å². The zero-order chi connectivity index (χ0) is 55.0. The zero-order valence-electron chi connectivity index (χ0n) is 44.1. The lowest BCUT2D eigenvalue weighted by atomic mass is 10.1. The van der Waals surface area contributed by atoms with Crippen molar-refractivity contribution in [3.63, 3.8) is 0 Å². The highest BCUT2D eigenvalue weighted by Crippen LogP contribution is 2.41. The second-order valence-electron chi connectivity index (χ2n) is 18.7. The van der Waals surface area contributed by atoms with Gasteiger partial charge < -0.3 is 58.3 Å². The first kappa shape index (κ1) is 56.1. The number of fused-ring (bicyclic) bond motifs is 4. The molecule has 3 aromatic carbocycles. The van der Waals surface area contributed by atoms with Crippen molar-refractivity contribution in [1.82, 2.24) is 25.3 Å².